The summed E-state index contributed by atoms with van der Waals surface area (Å²) in [5.74, 6) is 1.13. The Kier molecular flexibility index (Phi) is 5.18. The van der Waals surface area contributed by atoms with Gasteiger partial charge < -0.3 is 13.7 Å². The molecule has 1 aliphatic rings. The molecule has 0 aliphatic carbocycles. The third-order valence-corrected chi connectivity index (χ3v) is 6.33. The number of amides is 1. The minimum atomic E-state index is -0.721. The maximum Gasteiger partial charge on any atom is 0.296 e. The third kappa shape index (κ3) is 3.65. The van der Waals surface area contributed by atoms with Crippen molar-refractivity contribution in [1.82, 2.24) is 5.16 Å². The average Bonchev–Trinajstić information content (AvgIpc) is 3.45. The molecule has 6 rings (SSSR count). The van der Waals surface area contributed by atoms with Crippen LogP contribution in [0.25, 0.3) is 11.0 Å². The van der Waals surface area contributed by atoms with Crippen LogP contribution in [0.15, 0.2) is 92.6 Å². The zero-order valence-corrected chi connectivity index (χ0v) is 19.7. The van der Waals surface area contributed by atoms with Gasteiger partial charge in [-0.05, 0) is 49.2 Å². The Bertz CT molecular complexity index is 1650. The number of carbonyl (C=O) groups excluding carboxylic acids is 1. The maximum absolute atomic E-state index is 13.7. The van der Waals surface area contributed by atoms with Gasteiger partial charge in [0.15, 0.2) is 11.2 Å². The molecule has 3 aromatic carbocycles. The summed E-state index contributed by atoms with van der Waals surface area (Å²) in [5, 5.41) is 4.50. The number of benzene rings is 3. The van der Waals surface area contributed by atoms with E-state index in [9.17, 15) is 9.59 Å². The summed E-state index contributed by atoms with van der Waals surface area (Å²) in [5.41, 5.74) is 3.15. The van der Waals surface area contributed by atoms with E-state index in [-0.39, 0.29) is 16.8 Å². The summed E-state index contributed by atoms with van der Waals surface area (Å²) < 4.78 is 17.2. The SMILES string of the molecule is Cc1ccc2oc3c(c(=O)c2c1)C(c1ccc(OCc2ccccc2)cc1)N(c1cc(C)on1)C3=O. The molecule has 0 N–H and O–H groups in total. The number of ether oxygens (including phenoxy) is 1. The van der Waals surface area contributed by atoms with Gasteiger partial charge in [0, 0.05) is 6.07 Å². The summed E-state index contributed by atoms with van der Waals surface area (Å²) in [6.07, 6.45) is 0. The maximum atomic E-state index is 13.7. The predicted molar refractivity (Wildman–Crippen MR) is 134 cm³/mol. The number of hydrogen-bond acceptors (Lipinski definition) is 6. The van der Waals surface area contributed by atoms with Crippen LogP contribution >= 0.6 is 0 Å². The first-order valence-corrected chi connectivity index (χ1v) is 11.6. The van der Waals surface area contributed by atoms with Gasteiger partial charge in [0.25, 0.3) is 5.91 Å². The zero-order valence-electron chi connectivity index (χ0n) is 19.7. The standard InChI is InChI=1S/C29H22N2O5/c1-17-8-13-23-22(14-17)27(32)25-26(31(29(33)28(25)35-23)24-15-18(2)36-30-24)20-9-11-21(12-10-20)34-16-19-6-4-3-5-7-19/h3-15,26H,16H2,1-2H3. The molecule has 0 saturated carbocycles. The van der Waals surface area contributed by atoms with Crippen molar-refractivity contribution in [2.24, 2.45) is 0 Å². The van der Waals surface area contributed by atoms with E-state index in [0.29, 0.717) is 34.9 Å². The summed E-state index contributed by atoms with van der Waals surface area (Å²) in [7, 11) is 0. The van der Waals surface area contributed by atoms with Crippen LogP contribution in [-0.4, -0.2) is 11.1 Å². The van der Waals surface area contributed by atoms with Crippen molar-refractivity contribution in [2.45, 2.75) is 26.5 Å². The van der Waals surface area contributed by atoms with Gasteiger partial charge in [0.1, 0.15) is 23.7 Å². The lowest BCUT2D eigenvalue weighted by Gasteiger charge is -2.22. The number of fused-ring (bicyclic) bond motifs is 2. The third-order valence-electron chi connectivity index (χ3n) is 6.33. The Labute approximate surface area is 206 Å². The second kappa shape index (κ2) is 8.53. The molecule has 0 fully saturated rings. The molecule has 2 aromatic heterocycles. The number of hydrogen-bond donors (Lipinski definition) is 0. The molecular formula is C29H22N2O5. The fraction of sp³-hybridized carbons (Fsp3) is 0.138. The topological polar surface area (TPSA) is 85.8 Å². The van der Waals surface area contributed by atoms with Crippen LogP contribution in [-0.2, 0) is 6.61 Å². The molecule has 7 heteroatoms. The predicted octanol–water partition coefficient (Wildman–Crippen LogP) is 5.73. The van der Waals surface area contributed by atoms with Crippen molar-refractivity contribution < 1.29 is 18.5 Å². The molecule has 0 bridgehead atoms. The van der Waals surface area contributed by atoms with E-state index in [4.69, 9.17) is 13.7 Å². The number of nitrogens with zero attached hydrogens (tertiary/aromatic N) is 2. The molecule has 1 amide bonds. The van der Waals surface area contributed by atoms with E-state index in [2.05, 4.69) is 5.16 Å². The molecule has 1 aliphatic heterocycles. The Morgan fingerprint density at radius 3 is 2.44 bits per heavy atom. The molecule has 36 heavy (non-hydrogen) atoms. The summed E-state index contributed by atoms with van der Waals surface area (Å²) in [4.78, 5) is 28.7. The van der Waals surface area contributed by atoms with Crippen molar-refractivity contribution >= 4 is 22.7 Å². The second-order valence-corrected chi connectivity index (χ2v) is 8.89. The van der Waals surface area contributed by atoms with Crippen LogP contribution in [0.2, 0.25) is 0 Å². The van der Waals surface area contributed by atoms with Crippen LogP contribution in [0.3, 0.4) is 0 Å². The van der Waals surface area contributed by atoms with Crippen LogP contribution in [0.5, 0.6) is 5.75 Å². The number of aryl methyl sites for hydroxylation is 2. The Morgan fingerprint density at radius 2 is 1.72 bits per heavy atom. The number of anilines is 1. The van der Waals surface area contributed by atoms with Crippen LogP contribution < -0.4 is 15.1 Å². The van der Waals surface area contributed by atoms with Gasteiger partial charge in [0.05, 0.1) is 17.0 Å². The number of carbonyl (C=O) groups is 1. The largest absolute Gasteiger partial charge is 0.489 e. The Morgan fingerprint density at radius 1 is 0.944 bits per heavy atom. The van der Waals surface area contributed by atoms with Gasteiger partial charge in [0.2, 0.25) is 5.76 Å². The fourth-order valence-corrected chi connectivity index (χ4v) is 4.59. The summed E-state index contributed by atoms with van der Waals surface area (Å²) in [6, 6.07) is 23.6. The first-order valence-electron chi connectivity index (χ1n) is 11.6. The number of aromatic nitrogens is 1. The quantitative estimate of drug-likeness (QED) is 0.321. The molecule has 3 heterocycles. The molecule has 7 nitrogen and oxygen atoms in total. The van der Waals surface area contributed by atoms with E-state index in [1.54, 1.807) is 25.1 Å². The van der Waals surface area contributed by atoms with E-state index in [1.807, 2.05) is 67.6 Å². The first-order chi connectivity index (χ1) is 17.5. The van der Waals surface area contributed by atoms with Crippen molar-refractivity contribution in [3.63, 3.8) is 0 Å². The van der Waals surface area contributed by atoms with Crippen molar-refractivity contribution in [1.29, 1.82) is 0 Å². The Balaban J connectivity index is 1.44. The molecule has 5 aromatic rings. The van der Waals surface area contributed by atoms with Gasteiger partial charge in [-0.2, -0.15) is 0 Å². The van der Waals surface area contributed by atoms with Crippen molar-refractivity contribution in [3.8, 4) is 5.75 Å². The van der Waals surface area contributed by atoms with Crippen LogP contribution in [0, 0.1) is 13.8 Å². The van der Waals surface area contributed by atoms with Gasteiger partial charge in [-0.25, -0.2) is 0 Å². The number of rotatable bonds is 5. The second-order valence-electron chi connectivity index (χ2n) is 8.89. The first kappa shape index (κ1) is 21.9. The highest BCUT2D eigenvalue weighted by Crippen LogP contribution is 2.41. The van der Waals surface area contributed by atoms with Crippen molar-refractivity contribution in [2.75, 3.05) is 4.90 Å². The highest BCUT2D eigenvalue weighted by atomic mass is 16.5. The smallest absolute Gasteiger partial charge is 0.296 e. The Hall–Kier alpha value is -4.65. The minimum Gasteiger partial charge on any atom is -0.489 e. The lowest BCUT2D eigenvalue weighted by Crippen LogP contribution is -2.29. The molecular weight excluding hydrogens is 456 g/mol. The summed E-state index contributed by atoms with van der Waals surface area (Å²) >= 11 is 0. The molecule has 0 spiro atoms. The van der Waals surface area contributed by atoms with Crippen LogP contribution in [0.1, 0.15) is 44.6 Å². The normalized spacial score (nSPS) is 14.9. The molecule has 1 unspecified atom stereocenters. The van der Waals surface area contributed by atoms with Gasteiger partial charge >= 0.3 is 0 Å². The van der Waals surface area contributed by atoms with Crippen LogP contribution in [0.4, 0.5) is 5.82 Å². The zero-order chi connectivity index (χ0) is 24.8. The lowest BCUT2D eigenvalue weighted by atomic mass is 9.98. The fourth-order valence-electron chi connectivity index (χ4n) is 4.59. The van der Waals surface area contributed by atoms with E-state index < -0.39 is 11.9 Å². The highest BCUT2D eigenvalue weighted by molar-refractivity contribution is 6.10. The van der Waals surface area contributed by atoms with Gasteiger partial charge in [-0.15, -0.1) is 0 Å². The monoisotopic (exact) mass is 478 g/mol. The summed E-state index contributed by atoms with van der Waals surface area (Å²) in [6.45, 7) is 4.09. The molecule has 0 saturated heterocycles. The van der Waals surface area contributed by atoms with Gasteiger partial charge in [-0.3, -0.25) is 14.5 Å². The van der Waals surface area contributed by atoms with E-state index >= 15 is 0 Å². The molecule has 1 atom stereocenters. The minimum absolute atomic E-state index is 0.0198. The average molecular weight is 479 g/mol. The lowest BCUT2D eigenvalue weighted by molar-refractivity contribution is 0.0969. The van der Waals surface area contributed by atoms with Crippen molar-refractivity contribution in [3.05, 3.63) is 123 Å². The highest BCUT2D eigenvalue weighted by Gasteiger charge is 2.44. The van der Waals surface area contributed by atoms with Gasteiger partial charge in [-0.1, -0.05) is 59.3 Å². The molecule has 0 radical (unpaired) electrons. The van der Waals surface area contributed by atoms with E-state index in [0.717, 1.165) is 16.7 Å². The molecule has 178 valence electrons. The van der Waals surface area contributed by atoms with E-state index in [1.165, 1.54) is 4.90 Å².